The molecule has 0 saturated carbocycles. The summed E-state index contributed by atoms with van der Waals surface area (Å²) < 4.78 is 33.4. The first kappa shape index (κ1) is 25.9. The molecular weight excluding hydrogens is 446 g/mol. The number of aryl methyl sites for hydroxylation is 2. The van der Waals surface area contributed by atoms with E-state index in [1.165, 1.54) is 25.1 Å². The van der Waals surface area contributed by atoms with Crippen molar-refractivity contribution in [3.8, 4) is 0 Å². The van der Waals surface area contributed by atoms with Crippen molar-refractivity contribution in [2.75, 3.05) is 4.72 Å². The van der Waals surface area contributed by atoms with Gasteiger partial charge in [0.25, 0.3) is 15.9 Å². The van der Waals surface area contributed by atoms with Gasteiger partial charge in [-0.2, -0.15) is 0 Å². The van der Waals surface area contributed by atoms with E-state index in [-0.39, 0.29) is 10.5 Å². The van der Waals surface area contributed by atoms with Crippen LogP contribution in [0.4, 0.5) is 10.5 Å². The maximum Gasteiger partial charge on any atom is 0.338 e. The van der Waals surface area contributed by atoms with Crippen molar-refractivity contribution >= 4 is 33.6 Å². The number of nitrogens with one attached hydrogen (secondary N) is 3. The van der Waals surface area contributed by atoms with Crippen LogP contribution in [0.3, 0.4) is 0 Å². The summed E-state index contributed by atoms with van der Waals surface area (Å²) in [6.45, 7) is 9.99. The minimum absolute atomic E-state index is 0.0518. The number of amides is 3. The highest BCUT2D eigenvalue weighted by Crippen LogP contribution is 2.22. The number of anilines is 1. The molecule has 0 aromatic heterocycles. The molecule has 2 aromatic rings. The quantitative estimate of drug-likeness (QED) is 0.550. The Morgan fingerprint density at radius 3 is 2.27 bits per heavy atom. The van der Waals surface area contributed by atoms with E-state index < -0.39 is 39.6 Å². The molecule has 3 amide bonds. The third-order valence-corrected chi connectivity index (χ3v) is 5.89. The second kappa shape index (κ2) is 10.0. The molecule has 10 heteroatoms. The van der Waals surface area contributed by atoms with Crippen LogP contribution >= 0.6 is 0 Å². The zero-order valence-corrected chi connectivity index (χ0v) is 20.3. The second-order valence-electron chi connectivity index (χ2n) is 8.70. The molecular formula is C23H29N3O6S. The average Bonchev–Trinajstić information content (AvgIpc) is 2.66. The van der Waals surface area contributed by atoms with Gasteiger partial charge in [-0.15, -0.1) is 0 Å². The van der Waals surface area contributed by atoms with E-state index >= 15 is 0 Å². The van der Waals surface area contributed by atoms with E-state index in [0.717, 1.165) is 5.56 Å². The van der Waals surface area contributed by atoms with Gasteiger partial charge in [0.15, 0.2) is 6.10 Å². The van der Waals surface area contributed by atoms with Crippen molar-refractivity contribution in [3.05, 3.63) is 59.2 Å². The molecule has 0 bridgehead atoms. The molecule has 0 fully saturated rings. The molecule has 178 valence electrons. The van der Waals surface area contributed by atoms with Crippen molar-refractivity contribution in [2.45, 2.75) is 58.1 Å². The molecule has 0 aliphatic heterocycles. The smallest absolute Gasteiger partial charge is 0.338 e. The van der Waals surface area contributed by atoms with Gasteiger partial charge in [-0.1, -0.05) is 18.2 Å². The Balaban J connectivity index is 2.15. The van der Waals surface area contributed by atoms with Crippen LogP contribution in [-0.2, 0) is 19.6 Å². The number of urea groups is 1. The predicted octanol–water partition coefficient (Wildman–Crippen LogP) is 3.27. The molecule has 0 saturated heterocycles. The van der Waals surface area contributed by atoms with Gasteiger partial charge in [-0.3, -0.25) is 14.8 Å². The summed E-state index contributed by atoms with van der Waals surface area (Å²) in [7, 11) is -3.98. The Bertz CT molecular complexity index is 1170. The number of sulfonamides is 1. The van der Waals surface area contributed by atoms with Crippen LogP contribution in [0.15, 0.2) is 47.4 Å². The maximum absolute atomic E-state index is 12.9. The van der Waals surface area contributed by atoms with E-state index in [9.17, 15) is 22.8 Å². The molecule has 0 spiro atoms. The molecule has 9 nitrogen and oxygen atoms in total. The zero-order valence-electron chi connectivity index (χ0n) is 19.5. The number of ether oxygens (including phenoxy) is 1. The predicted molar refractivity (Wildman–Crippen MR) is 124 cm³/mol. The molecule has 0 aliphatic rings. The molecule has 2 aromatic carbocycles. The Morgan fingerprint density at radius 2 is 1.67 bits per heavy atom. The lowest BCUT2D eigenvalue weighted by atomic mass is 10.1. The summed E-state index contributed by atoms with van der Waals surface area (Å²) in [5.41, 5.74) is 1.09. The van der Waals surface area contributed by atoms with Gasteiger partial charge in [0.1, 0.15) is 0 Å². The summed E-state index contributed by atoms with van der Waals surface area (Å²) in [4.78, 5) is 36.5. The lowest BCUT2D eigenvalue weighted by Gasteiger charge is -2.21. The van der Waals surface area contributed by atoms with Gasteiger partial charge in [0.05, 0.1) is 10.5 Å². The van der Waals surface area contributed by atoms with Gasteiger partial charge < -0.3 is 10.1 Å². The van der Waals surface area contributed by atoms with Gasteiger partial charge in [0, 0.05) is 11.2 Å². The standard InChI is InChI=1S/C23H29N3O6S/c1-14-8-7-9-18(12-14)26-33(30,31)19-13-17(11-10-15(19)2)21(28)32-16(3)20(27)24-22(29)25-23(4,5)6/h7-13,16,26H,1-6H3,(H2,24,25,27,29). The number of rotatable bonds is 6. The summed E-state index contributed by atoms with van der Waals surface area (Å²) in [6, 6.07) is 10.2. The van der Waals surface area contributed by atoms with Crippen molar-refractivity contribution in [2.24, 2.45) is 0 Å². The van der Waals surface area contributed by atoms with Crippen molar-refractivity contribution in [1.82, 2.24) is 10.6 Å². The third kappa shape index (κ3) is 7.60. The van der Waals surface area contributed by atoms with E-state index in [4.69, 9.17) is 4.74 Å². The lowest BCUT2D eigenvalue weighted by Crippen LogP contribution is -2.50. The van der Waals surface area contributed by atoms with E-state index in [2.05, 4.69) is 15.4 Å². The number of benzene rings is 2. The first-order chi connectivity index (χ1) is 15.2. The Kier molecular flexibility index (Phi) is 7.86. The summed E-state index contributed by atoms with van der Waals surface area (Å²) >= 11 is 0. The highest BCUT2D eigenvalue weighted by Gasteiger charge is 2.24. The van der Waals surface area contributed by atoms with Crippen LogP contribution < -0.4 is 15.4 Å². The first-order valence-electron chi connectivity index (χ1n) is 10.2. The SMILES string of the molecule is Cc1cccc(NS(=O)(=O)c2cc(C(=O)OC(C)C(=O)NC(=O)NC(C)(C)C)ccc2C)c1. The fraction of sp³-hybridized carbons (Fsp3) is 0.348. The monoisotopic (exact) mass is 475 g/mol. The fourth-order valence-corrected chi connectivity index (χ4v) is 4.12. The van der Waals surface area contributed by atoms with Crippen LogP contribution in [0.1, 0.15) is 49.2 Å². The van der Waals surface area contributed by atoms with E-state index in [0.29, 0.717) is 11.3 Å². The molecule has 0 aliphatic carbocycles. The van der Waals surface area contributed by atoms with Gasteiger partial charge >= 0.3 is 12.0 Å². The molecule has 0 heterocycles. The number of hydrogen-bond donors (Lipinski definition) is 3. The molecule has 1 unspecified atom stereocenters. The van der Waals surface area contributed by atoms with Crippen LogP contribution in [-0.4, -0.2) is 38.0 Å². The minimum atomic E-state index is -3.98. The van der Waals surface area contributed by atoms with Gasteiger partial charge in [-0.05, 0) is 76.9 Å². The molecule has 3 N–H and O–H groups in total. The molecule has 1 atom stereocenters. The number of carbonyl (C=O) groups excluding carboxylic acids is 3. The fourth-order valence-electron chi connectivity index (χ4n) is 2.80. The normalized spacial score (nSPS) is 12.4. The topological polar surface area (TPSA) is 131 Å². The highest BCUT2D eigenvalue weighted by atomic mass is 32.2. The number of hydrogen-bond acceptors (Lipinski definition) is 6. The number of imide groups is 1. The summed E-state index contributed by atoms with van der Waals surface area (Å²) in [5, 5.41) is 4.66. The number of esters is 1. The molecule has 2 rings (SSSR count). The molecule has 33 heavy (non-hydrogen) atoms. The first-order valence-corrected chi connectivity index (χ1v) is 11.7. The Morgan fingerprint density at radius 1 is 1.00 bits per heavy atom. The van der Waals surface area contributed by atoms with Gasteiger partial charge in [0.2, 0.25) is 0 Å². The number of carbonyl (C=O) groups is 3. The summed E-state index contributed by atoms with van der Waals surface area (Å²) in [5.74, 6) is -1.72. The maximum atomic E-state index is 12.9. The van der Waals surface area contributed by atoms with E-state index in [1.54, 1.807) is 45.9 Å². The highest BCUT2D eigenvalue weighted by molar-refractivity contribution is 7.92. The summed E-state index contributed by atoms with van der Waals surface area (Å²) in [6.07, 6.45) is -1.28. The lowest BCUT2D eigenvalue weighted by molar-refractivity contribution is -0.127. The van der Waals surface area contributed by atoms with Crippen LogP contribution in [0.2, 0.25) is 0 Å². The van der Waals surface area contributed by atoms with Crippen LogP contribution in [0.25, 0.3) is 0 Å². The minimum Gasteiger partial charge on any atom is -0.449 e. The van der Waals surface area contributed by atoms with Crippen LogP contribution in [0, 0.1) is 13.8 Å². The van der Waals surface area contributed by atoms with E-state index in [1.807, 2.05) is 13.0 Å². The van der Waals surface area contributed by atoms with Crippen molar-refractivity contribution in [3.63, 3.8) is 0 Å². The van der Waals surface area contributed by atoms with Gasteiger partial charge in [-0.25, -0.2) is 18.0 Å². The molecule has 0 radical (unpaired) electrons. The zero-order chi connectivity index (χ0) is 25.0. The van der Waals surface area contributed by atoms with Crippen molar-refractivity contribution in [1.29, 1.82) is 0 Å². The third-order valence-electron chi connectivity index (χ3n) is 4.36. The van der Waals surface area contributed by atoms with Crippen LogP contribution in [0.5, 0.6) is 0 Å². The second-order valence-corrected chi connectivity index (χ2v) is 10.3. The Labute approximate surface area is 194 Å². The Hall–Kier alpha value is -3.40. The average molecular weight is 476 g/mol. The van der Waals surface area contributed by atoms with Crippen molar-refractivity contribution < 1.29 is 27.5 Å². The largest absolute Gasteiger partial charge is 0.449 e.